The Bertz CT molecular complexity index is 941. The Balaban J connectivity index is 1.67. The molecule has 3 aromatic rings. The Labute approximate surface area is 167 Å². The summed E-state index contributed by atoms with van der Waals surface area (Å²) in [6.45, 7) is 6.21. The molecule has 1 amide bonds. The highest BCUT2D eigenvalue weighted by Crippen LogP contribution is 2.24. The number of carbonyl (C=O) groups is 1. The predicted octanol–water partition coefficient (Wildman–Crippen LogP) is 4.24. The van der Waals surface area contributed by atoms with Crippen molar-refractivity contribution in [2.75, 3.05) is 5.75 Å². The van der Waals surface area contributed by atoms with E-state index in [-0.39, 0.29) is 23.5 Å². The van der Waals surface area contributed by atoms with Crippen molar-refractivity contribution in [3.05, 3.63) is 78.6 Å². The van der Waals surface area contributed by atoms with Crippen LogP contribution in [-0.4, -0.2) is 26.4 Å². The summed E-state index contributed by atoms with van der Waals surface area (Å²) in [7, 11) is 0. The van der Waals surface area contributed by atoms with Crippen molar-refractivity contribution in [1.82, 2.24) is 20.1 Å². The molecule has 0 saturated heterocycles. The van der Waals surface area contributed by atoms with E-state index in [1.54, 1.807) is 18.2 Å². The Morgan fingerprint density at radius 1 is 1.21 bits per heavy atom. The normalized spacial score (nSPS) is 11.8. The van der Waals surface area contributed by atoms with Crippen LogP contribution in [0.5, 0.6) is 0 Å². The standard InChI is InChI=1S/C21H21FN4OS/c1-3-13-26-20(17-9-11-18(22)12-10-17)24-25-21(26)28-14-19(27)23-15(2)16-7-5-4-6-8-16/h3-12,15H,1,13-14H2,2H3,(H,23,27). The highest BCUT2D eigenvalue weighted by atomic mass is 32.2. The van der Waals surface area contributed by atoms with Gasteiger partial charge < -0.3 is 5.32 Å². The smallest absolute Gasteiger partial charge is 0.230 e. The van der Waals surface area contributed by atoms with Crippen LogP contribution in [0.1, 0.15) is 18.5 Å². The van der Waals surface area contributed by atoms with Crippen molar-refractivity contribution in [2.45, 2.75) is 24.7 Å². The largest absolute Gasteiger partial charge is 0.349 e. The molecule has 0 aliphatic carbocycles. The van der Waals surface area contributed by atoms with E-state index in [1.807, 2.05) is 41.8 Å². The molecule has 1 N–H and O–H groups in total. The number of benzene rings is 2. The summed E-state index contributed by atoms with van der Waals surface area (Å²) in [6.07, 6.45) is 1.73. The maximum atomic E-state index is 13.2. The van der Waals surface area contributed by atoms with Crippen LogP contribution >= 0.6 is 11.8 Å². The second kappa shape index (κ2) is 9.32. The number of hydrogen-bond donors (Lipinski definition) is 1. The highest BCUT2D eigenvalue weighted by Gasteiger charge is 2.16. The zero-order chi connectivity index (χ0) is 19.9. The number of rotatable bonds is 8. The summed E-state index contributed by atoms with van der Waals surface area (Å²) in [5.74, 6) is 0.436. The van der Waals surface area contributed by atoms with E-state index in [1.165, 1.54) is 23.9 Å². The SMILES string of the molecule is C=CCn1c(SCC(=O)NC(C)c2ccccc2)nnc1-c1ccc(F)cc1. The van der Waals surface area contributed by atoms with Crippen molar-refractivity contribution in [2.24, 2.45) is 0 Å². The third-order valence-corrected chi connectivity index (χ3v) is 5.11. The van der Waals surface area contributed by atoms with Crippen molar-refractivity contribution >= 4 is 17.7 Å². The van der Waals surface area contributed by atoms with E-state index >= 15 is 0 Å². The second-order valence-corrected chi connectivity index (χ2v) is 7.14. The second-order valence-electron chi connectivity index (χ2n) is 6.20. The molecule has 0 fully saturated rings. The Kier molecular flexibility index (Phi) is 6.60. The summed E-state index contributed by atoms with van der Waals surface area (Å²) in [6, 6.07) is 15.8. The molecule has 1 unspecified atom stereocenters. The minimum atomic E-state index is -0.308. The average Bonchev–Trinajstić information content (AvgIpc) is 3.10. The zero-order valence-corrected chi connectivity index (χ0v) is 16.3. The van der Waals surface area contributed by atoms with Crippen LogP contribution in [0.2, 0.25) is 0 Å². The minimum absolute atomic E-state index is 0.0740. The van der Waals surface area contributed by atoms with Gasteiger partial charge in [0.1, 0.15) is 5.82 Å². The van der Waals surface area contributed by atoms with Gasteiger partial charge in [-0.3, -0.25) is 9.36 Å². The van der Waals surface area contributed by atoms with Crippen LogP contribution in [-0.2, 0) is 11.3 Å². The van der Waals surface area contributed by atoms with Crippen LogP contribution < -0.4 is 5.32 Å². The molecule has 1 aromatic heterocycles. The maximum absolute atomic E-state index is 13.2. The summed E-state index contributed by atoms with van der Waals surface area (Å²) < 4.78 is 15.0. The van der Waals surface area contributed by atoms with Gasteiger partial charge in [-0.15, -0.1) is 16.8 Å². The Morgan fingerprint density at radius 3 is 2.61 bits per heavy atom. The fraction of sp³-hybridized carbons (Fsp3) is 0.190. The van der Waals surface area contributed by atoms with E-state index in [2.05, 4.69) is 22.1 Å². The van der Waals surface area contributed by atoms with Crippen LogP contribution in [0, 0.1) is 5.82 Å². The number of nitrogens with zero attached hydrogens (tertiary/aromatic N) is 3. The number of nitrogens with one attached hydrogen (secondary N) is 1. The van der Waals surface area contributed by atoms with Crippen molar-refractivity contribution < 1.29 is 9.18 Å². The molecule has 0 spiro atoms. The predicted molar refractivity (Wildman–Crippen MR) is 109 cm³/mol. The number of carbonyl (C=O) groups excluding carboxylic acids is 1. The number of aromatic nitrogens is 3. The molecule has 1 heterocycles. The van der Waals surface area contributed by atoms with Crippen LogP contribution in [0.25, 0.3) is 11.4 Å². The van der Waals surface area contributed by atoms with Gasteiger partial charge in [0.2, 0.25) is 5.91 Å². The number of halogens is 1. The van der Waals surface area contributed by atoms with Gasteiger partial charge >= 0.3 is 0 Å². The summed E-state index contributed by atoms with van der Waals surface area (Å²) in [5, 5.41) is 12.0. The summed E-state index contributed by atoms with van der Waals surface area (Å²) >= 11 is 1.31. The van der Waals surface area contributed by atoms with Crippen LogP contribution in [0.3, 0.4) is 0 Å². The highest BCUT2D eigenvalue weighted by molar-refractivity contribution is 7.99. The lowest BCUT2D eigenvalue weighted by Gasteiger charge is -2.14. The monoisotopic (exact) mass is 396 g/mol. The van der Waals surface area contributed by atoms with Crippen LogP contribution in [0.15, 0.2) is 72.4 Å². The third-order valence-electron chi connectivity index (χ3n) is 4.14. The molecule has 7 heteroatoms. The topological polar surface area (TPSA) is 59.8 Å². The van der Waals surface area contributed by atoms with Crippen molar-refractivity contribution in [1.29, 1.82) is 0 Å². The van der Waals surface area contributed by atoms with Gasteiger partial charge in [-0.1, -0.05) is 48.2 Å². The molecule has 1 atom stereocenters. The first-order valence-electron chi connectivity index (χ1n) is 8.85. The first kappa shape index (κ1) is 19.8. The Morgan fingerprint density at radius 2 is 1.93 bits per heavy atom. The van der Waals surface area contributed by atoms with Gasteiger partial charge in [0.15, 0.2) is 11.0 Å². The molecular weight excluding hydrogens is 375 g/mol. The molecule has 2 aromatic carbocycles. The van der Waals surface area contributed by atoms with E-state index in [4.69, 9.17) is 0 Å². The lowest BCUT2D eigenvalue weighted by atomic mass is 10.1. The van der Waals surface area contributed by atoms with Crippen LogP contribution in [0.4, 0.5) is 4.39 Å². The summed E-state index contributed by atoms with van der Waals surface area (Å²) in [5.41, 5.74) is 1.80. The van der Waals surface area contributed by atoms with Gasteiger partial charge in [-0.2, -0.15) is 0 Å². The van der Waals surface area contributed by atoms with Crippen molar-refractivity contribution in [3.63, 3.8) is 0 Å². The minimum Gasteiger partial charge on any atom is -0.349 e. The van der Waals surface area contributed by atoms with Gasteiger partial charge in [-0.25, -0.2) is 4.39 Å². The average molecular weight is 396 g/mol. The molecule has 3 rings (SSSR count). The molecule has 0 aliphatic heterocycles. The summed E-state index contributed by atoms with van der Waals surface area (Å²) in [4.78, 5) is 12.3. The van der Waals surface area contributed by atoms with E-state index in [9.17, 15) is 9.18 Å². The van der Waals surface area contributed by atoms with E-state index < -0.39 is 0 Å². The van der Waals surface area contributed by atoms with E-state index in [0.29, 0.717) is 17.5 Å². The molecule has 5 nitrogen and oxygen atoms in total. The van der Waals surface area contributed by atoms with E-state index in [0.717, 1.165) is 11.1 Å². The zero-order valence-electron chi connectivity index (χ0n) is 15.5. The van der Waals surface area contributed by atoms with Gasteiger partial charge in [0.25, 0.3) is 0 Å². The number of amides is 1. The maximum Gasteiger partial charge on any atom is 0.230 e. The van der Waals surface area contributed by atoms with Gasteiger partial charge in [-0.05, 0) is 36.8 Å². The molecule has 28 heavy (non-hydrogen) atoms. The molecular formula is C21H21FN4OS. The number of thioether (sulfide) groups is 1. The number of hydrogen-bond acceptors (Lipinski definition) is 4. The first-order chi connectivity index (χ1) is 13.6. The molecule has 0 saturated carbocycles. The van der Waals surface area contributed by atoms with Crippen molar-refractivity contribution in [3.8, 4) is 11.4 Å². The molecule has 0 aliphatic rings. The fourth-order valence-corrected chi connectivity index (χ4v) is 3.50. The lowest BCUT2D eigenvalue weighted by Crippen LogP contribution is -2.28. The lowest BCUT2D eigenvalue weighted by molar-refractivity contribution is -0.119. The number of allylic oxidation sites excluding steroid dienone is 1. The third kappa shape index (κ3) is 4.86. The quantitative estimate of drug-likeness (QED) is 0.457. The molecule has 0 radical (unpaired) electrons. The first-order valence-corrected chi connectivity index (χ1v) is 9.84. The molecule has 0 bridgehead atoms. The van der Waals surface area contributed by atoms with Gasteiger partial charge in [0.05, 0.1) is 11.8 Å². The fourth-order valence-electron chi connectivity index (χ4n) is 2.74. The Hall–Kier alpha value is -2.93. The molecule has 144 valence electrons. The van der Waals surface area contributed by atoms with Gasteiger partial charge in [0, 0.05) is 12.1 Å².